The molecule has 0 bridgehead atoms. The Labute approximate surface area is 130 Å². The minimum atomic E-state index is -0.188. The fourth-order valence-corrected chi connectivity index (χ4v) is 1.80. The van der Waals surface area contributed by atoms with E-state index in [9.17, 15) is 4.79 Å². The average Bonchev–Trinajstić information content (AvgIpc) is 2.54. The van der Waals surface area contributed by atoms with Crippen molar-refractivity contribution in [2.45, 2.75) is 26.8 Å². The summed E-state index contributed by atoms with van der Waals surface area (Å²) < 4.78 is 0. The summed E-state index contributed by atoms with van der Waals surface area (Å²) in [5.41, 5.74) is 1.38. The van der Waals surface area contributed by atoms with Crippen molar-refractivity contribution in [3.05, 3.63) is 48.2 Å². The zero-order chi connectivity index (χ0) is 15.8. The number of rotatable bonds is 7. The standard InChI is InChI=1S/C16H21N5O/c1-12(2)5-7-18-16(22)14-10-21-15(11-19-14)20-9-13-4-3-6-17-8-13/h3-4,6,8,10-12H,5,7,9H2,1-2H3,(H,18,22)(H,20,21). The van der Waals surface area contributed by atoms with Crippen LogP contribution in [0.15, 0.2) is 36.9 Å². The van der Waals surface area contributed by atoms with Gasteiger partial charge in [0.15, 0.2) is 0 Å². The topological polar surface area (TPSA) is 79.8 Å². The molecule has 0 unspecified atom stereocenters. The highest BCUT2D eigenvalue weighted by Crippen LogP contribution is 2.05. The molecule has 2 aromatic rings. The summed E-state index contributed by atoms with van der Waals surface area (Å²) in [6.45, 7) is 5.50. The van der Waals surface area contributed by atoms with Gasteiger partial charge in [0, 0.05) is 25.5 Å². The molecular formula is C16H21N5O. The third-order valence-electron chi connectivity index (χ3n) is 3.09. The molecule has 0 saturated heterocycles. The fraction of sp³-hybridized carbons (Fsp3) is 0.375. The first-order valence-electron chi connectivity index (χ1n) is 7.38. The highest BCUT2D eigenvalue weighted by molar-refractivity contribution is 5.91. The van der Waals surface area contributed by atoms with Gasteiger partial charge in [-0.15, -0.1) is 0 Å². The quantitative estimate of drug-likeness (QED) is 0.819. The molecule has 6 nitrogen and oxygen atoms in total. The molecule has 0 aliphatic heterocycles. The number of hydrogen-bond acceptors (Lipinski definition) is 5. The van der Waals surface area contributed by atoms with Crippen LogP contribution in [0.2, 0.25) is 0 Å². The summed E-state index contributed by atoms with van der Waals surface area (Å²) in [4.78, 5) is 24.3. The van der Waals surface area contributed by atoms with E-state index in [2.05, 4.69) is 39.4 Å². The van der Waals surface area contributed by atoms with Gasteiger partial charge in [0.1, 0.15) is 11.5 Å². The van der Waals surface area contributed by atoms with Crippen molar-refractivity contribution < 1.29 is 4.79 Å². The number of pyridine rings is 1. The van der Waals surface area contributed by atoms with Gasteiger partial charge < -0.3 is 10.6 Å². The molecule has 0 atom stereocenters. The van der Waals surface area contributed by atoms with Gasteiger partial charge >= 0.3 is 0 Å². The lowest BCUT2D eigenvalue weighted by Crippen LogP contribution is -2.26. The van der Waals surface area contributed by atoms with E-state index in [1.807, 2.05) is 12.1 Å². The molecule has 22 heavy (non-hydrogen) atoms. The van der Waals surface area contributed by atoms with E-state index in [1.165, 1.54) is 6.20 Å². The Bertz CT molecular complexity index is 583. The Kier molecular flexibility index (Phi) is 5.82. The Hall–Kier alpha value is -2.50. The normalized spacial score (nSPS) is 10.5. The molecule has 2 heterocycles. The maximum atomic E-state index is 11.9. The number of aromatic nitrogens is 3. The summed E-state index contributed by atoms with van der Waals surface area (Å²) in [6.07, 6.45) is 7.51. The Balaban J connectivity index is 1.83. The number of hydrogen-bond donors (Lipinski definition) is 2. The summed E-state index contributed by atoms with van der Waals surface area (Å²) in [5, 5.41) is 5.98. The van der Waals surface area contributed by atoms with Gasteiger partial charge in [0.2, 0.25) is 0 Å². The van der Waals surface area contributed by atoms with Gasteiger partial charge in [-0.1, -0.05) is 19.9 Å². The third-order valence-corrected chi connectivity index (χ3v) is 3.09. The largest absolute Gasteiger partial charge is 0.365 e. The molecule has 2 rings (SSSR count). The Morgan fingerprint density at radius 3 is 2.73 bits per heavy atom. The van der Waals surface area contributed by atoms with Crippen LogP contribution in [0.4, 0.5) is 5.82 Å². The number of carbonyl (C=O) groups excluding carboxylic acids is 1. The van der Waals surface area contributed by atoms with E-state index < -0.39 is 0 Å². The van der Waals surface area contributed by atoms with E-state index in [0.717, 1.165) is 12.0 Å². The van der Waals surface area contributed by atoms with Gasteiger partial charge in [0.05, 0.1) is 12.4 Å². The van der Waals surface area contributed by atoms with Crippen LogP contribution in [-0.4, -0.2) is 27.4 Å². The van der Waals surface area contributed by atoms with Crippen LogP contribution in [0.25, 0.3) is 0 Å². The zero-order valence-corrected chi connectivity index (χ0v) is 12.9. The van der Waals surface area contributed by atoms with Crippen molar-refractivity contribution in [3.63, 3.8) is 0 Å². The van der Waals surface area contributed by atoms with E-state index in [-0.39, 0.29) is 5.91 Å². The lowest BCUT2D eigenvalue weighted by atomic mass is 10.1. The second-order valence-electron chi connectivity index (χ2n) is 5.44. The molecule has 2 N–H and O–H groups in total. The molecular weight excluding hydrogens is 278 g/mol. The van der Waals surface area contributed by atoms with Crippen molar-refractivity contribution in [3.8, 4) is 0 Å². The van der Waals surface area contributed by atoms with E-state index in [0.29, 0.717) is 30.5 Å². The van der Waals surface area contributed by atoms with Crippen LogP contribution in [0.5, 0.6) is 0 Å². The van der Waals surface area contributed by atoms with Crippen LogP contribution >= 0.6 is 0 Å². The number of amides is 1. The van der Waals surface area contributed by atoms with Gasteiger partial charge in [-0.25, -0.2) is 9.97 Å². The molecule has 6 heteroatoms. The van der Waals surface area contributed by atoms with Gasteiger partial charge in [-0.2, -0.15) is 0 Å². The Morgan fingerprint density at radius 2 is 2.09 bits per heavy atom. The van der Waals surface area contributed by atoms with Gasteiger partial charge in [-0.05, 0) is 24.0 Å². The van der Waals surface area contributed by atoms with Gasteiger partial charge in [0.25, 0.3) is 5.91 Å². The maximum Gasteiger partial charge on any atom is 0.271 e. The van der Waals surface area contributed by atoms with Crippen LogP contribution in [0.3, 0.4) is 0 Å². The van der Waals surface area contributed by atoms with E-state index in [1.54, 1.807) is 18.6 Å². The van der Waals surface area contributed by atoms with Crippen molar-refractivity contribution in [2.24, 2.45) is 5.92 Å². The lowest BCUT2D eigenvalue weighted by Gasteiger charge is -2.08. The Morgan fingerprint density at radius 1 is 1.23 bits per heavy atom. The van der Waals surface area contributed by atoms with Crippen LogP contribution < -0.4 is 10.6 Å². The molecule has 0 saturated carbocycles. The fourth-order valence-electron chi connectivity index (χ4n) is 1.80. The van der Waals surface area contributed by atoms with Crippen LogP contribution in [0, 0.1) is 5.92 Å². The number of carbonyl (C=O) groups is 1. The zero-order valence-electron chi connectivity index (χ0n) is 12.9. The second-order valence-corrected chi connectivity index (χ2v) is 5.44. The first-order chi connectivity index (χ1) is 10.6. The highest BCUT2D eigenvalue weighted by atomic mass is 16.1. The highest BCUT2D eigenvalue weighted by Gasteiger charge is 2.07. The van der Waals surface area contributed by atoms with Crippen molar-refractivity contribution >= 4 is 11.7 Å². The van der Waals surface area contributed by atoms with Crippen molar-refractivity contribution in [1.29, 1.82) is 0 Å². The molecule has 0 aliphatic carbocycles. The summed E-state index contributed by atoms with van der Waals surface area (Å²) in [6, 6.07) is 3.86. The average molecular weight is 299 g/mol. The number of nitrogens with zero attached hydrogens (tertiary/aromatic N) is 3. The molecule has 0 fully saturated rings. The molecule has 0 aliphatic rings. The smallest absolute Gasteiger partial charge is 0.271 e. The van der Waals surface area contributed by atoms with Crippen molar-refractivity contribution in [1.82, 2.24) is 20.3 Å². The molecule has 0 radical (unpaired) electrons. The molecule has 116 valence electrons. The maximum absolute atomic E-state index is 11.9. The minimum Gasteiger partial charge on any atom is -0.365 e. The number of nitrogens with one attached hydrogen (secondary N) is 2. The second kappa shape index (κ2) is 8.07. The SMILES string of the molecule is CC(C)CCNC(=O)c1cnc(NCc2cccnc2)cn1. The summed E-state index contributed by atoms with van der Waals surface area (Å²) in [5.74, 6) is 1.000. The number of anilines is 1. The monoisotopic (exact) mass is 299 g/mol. The predicted octanol–water partition coefficient (Wildman–Crippen LogP) is 2.26. The summed E-state index contributed by atoms with van der Waals surface area (Å²) in [7, 11) is 0. The van der Waals surface area contributed by atoms with Crippen LogP contribution in [0.1, 0.15) is 36.3 Å². The summed E-state index contributed by atoms with van der Waals surface area (Å²) >= 11 is 0. The molecule has 2 aromatic heterocycles. The van der Waals surface area contributed by atoms with Gasteiger partial charge in [-0.3, -0.25) is 9.78 Å². The van der Waals surface area contributed by atoms with Crippen molar-refractivity contribution in [2.75, 3.05) is 11.9 Å². The molecule has 0 spiro atoms. The van der Waals surface area contributed by atoms with E-state index >= 15 is 0 Å². The minimum absolute atomic E-state index is 0.188. The first kappa shape index (κ1) is 15.9. The first-order valence-corrected chi connectivity index (χ1v) is 7.38. The predicted molar refractivity (Wildman–Crippen MR) is 85.4 cm³/mol. The lowest BCUT2D eigenvalue weighted by molar-refractivity contribution is 0.0946. The van der Waals surface area contributed by atoms with E-state index in [4.69, 9.17) is 0 Å². The molecule has 0 aromatic carbocycles. The molecule has 1 amide bonds. The van der Waals surface area contributed by atoms with Crippen LogP contribution in [-0.2, 0) is 6.54 Å². The third kappa shape index (κ3) is 5.12.